The third kappa shape index (κ3) is 5.50. The highest BCUT2D eigenvalue weighted by molar-refractivity contribution is 5.20. The summed E-state index contributed by atoms with van der Waals surface area (Å²) in [5, 5.41) is 8.64. The van der Waals surface area contributed by atoms with Crippen LogP contribution >= 0.6 is 0 Å². The van der Waals surface area contributed by atoms with Crippen LogP contribution in [-0.2, 0) is 0 Å². The van der Waals surface area contributed by atoms with Gasteiger partial charge in [0.15, 0.2) is 0 Å². The van der Waals surface area contributed by atoms with Gasteiger partial charge in [-0.15, -0.1) is 0 Å². The maximum absolute atomic E-state index is 12.4. The maximum Gasteiger partial charge on any atom is 0.123 e. The topological polar surface area (TPSA) is 55.5 Å². The van der Waals surface area contributed by atoms with E-state index in [4.69, 9.17) is 15.6 Å². The van der Waals surface area contributed by atoms with Crippen molar-refractivity contribution < 1.29 is 14.2 Å². The van der Waals surface area contributed by atoms with Gasteiger partial charge in [-0.2, -0.15) is 0 Å². The molecule has 0 fully saturated rings. The molecule has 0 aromatic heterocycles. The summed E-state index contributed by atoms with van der Waals surface area (Å²) in [7, 11) is 1.66. The van der Waals surface area contributed by atoms with Gasteiger partial charge < -0.3 is 15.6 Å². The normalized spacial score (nSPS) is 11.2. The lowest BCUT2D eigenvalue weighted by molar-refractivity contribution is 0.268. The van der Waals surface area contributed by atoms with Crippen molar-refractivity contribution in [3.8, 4) is 5.75 Å². The Morgan fingerprint density at radius 2 is 1.68 bits per heavy atom. The van der Waals surface area contributed by atoms with Crippen LogP contribution in [0.2, 0.25) is 0 Å². The number of methoxy groups -OCH3 is 1. The molecule has 102 valence electrons. The molecule has 0 heterocycles. The van der Waals surface area contributed by atoms with Gasteiger partial charge in [0.2, 0.25) is 0 Å². The molecule has 3 N–H and O–H groups in total. The van der Waals surface area contributed by atoms with Gasteiger partial charge in [-0.05, 0) is 29.8 Å². The number of para-hydroxylation sites is 1. The highest BCUT2D eigenvalue weighted by Crippen LogP contribution is 2.09. The zero-order chi connectivity index (χ0) is 14.1. The van der Waals surface area contributed by atoms with E-state index in [1.165, 1.54) is 12.1 Å². The van der Waals surface area contributed by atoms with E-state index in [1.54, 1.807) is 19.2 Å². The second-order valence-corrected chi connectivity index (χ2v) is 3.86. The summed E-state index contributed by atoms with van der Waals surface area (Å²) >= 11 is 0. The molecular weight excluding hydrogens is 245 g/mol. The van der Waals surface area contributed by atoms with Crippen LogP contribution in [0.5, 0.6) is 5.75 Å². The number of benzene rings is 2. The first-order chi connectivity index (χ1) is 9.17. The quantitative estimate of drug-likeness (QED) is 0.894. The smallest absolute Gasteiger partial charge is 0.123 e. The fraction of sp³-hybridized carbons (Fsp3) is 0.200. The van der Waals surface area contributed by atoms with Crippen molar-refractivity contribution in [1.29, 1.82) is 0 Å². The van der Waals surface area contributed by atoms with Crippen LogP contribution in [0.25, 0.3) is 0 Å². The van der Waals surface area contributed by atoms with Crippen LogP contribution < -0.4 is 10.5 Å². The van der Waals surface area contributed by atoms with Gasteiger partial charge in [-0.25, -0.2) is 4.39 Å². The Hall–Kier alpha value is -1.91. The van der Waals surface area contributed by atoms with Gasteiger partial charge >= 0.3 is 0 Å². The predicted octanol–water partition coefficient (Wildman–Crippen LogP) is 2.51. The lowest BCUT2D eigenvalue weighted by atomic mass is 10.1. The minimum atomic E-state index is -0.407. The van der Waals surface area contributed by atoms with Crippen molar-refractivity contribution in [3.63, 3.8) is 0 Å². The van der Waals surface area contributed by atoms with Gasteiger partial charge in [-0.1, -0.05) is 30.3 Å². The molecule has 3 nitrogen and oxygen atoms in total. The summed E-state index contributed by atoms with van der Waals surface area (Å²) in [6, 6.07) is 15.1. The Morgan fingerprint density at radius 1 is 1.11 bits per heavy atom. The second-order valence-electron chi connectivity index (χ2n) is 3.86. The molecule has 1 unspecified atom stereocenters. The molecule has 0 amide bonds. The molecular formula is C15H18FNO2. The Kier molecular flexibility index (Phi) is 6.57. The summed E-state index contributed by atoms with van der Waals surface area (Å²) in [5.74, 6) is 0.617. The Bertz CT molecular complexity index is 459. The average Bonchev–Trinajstić information content (AvgIpc) is 2.48. The molecule has 2 aromatic carbocycles. The van der Waals surface area contributed by atoms with Gasteiger partial charge in [0.1, 0.15) is 11.6 Å². The Balaban J connectivity index is 0.000000200. The van der Waals surface area contributed by atoms with Crippen LogP contribution in [0.15, 0.2) is 54.6 Å². The minimum Gasteiger partial charge on any atom is -0.497 e. The molecule has 2 rings (SSSR count). The third-order valence-corrected chi connectivity index (χ3v) is 2.47. The number of halogens is 1. The molecule has 0 aliphatic heterocycles. The fourth-order valence-corrected chi connectivity index (χ4v) is 1.37. The van der Waals surface area contributed by atoms with Gasteiger partial charge in [-0.3, -0.25) is 0 Å². The number of hydrogen-bond acceptors (Lipinski definition) is 3. The Labute approximate surface area is 112 Å². The SMILES string of the molecule is COc1ccccc1.NC(CO)c1ccc(F)cc1. The van der Waals surface area contributed by atoms with E-state index in [-0.39, 0.29) is 12.4 Å². The summed E-state index contributed by atoms with van der Waals surface area (Å²) in [5.41, 5.74) is 6.22. The fourth-order valence-electron chi connectivity index (χ4n) is 1.37. The molecule has 0 aliphatic carbocycles. The Morgan fingerprint density at radius 3 is 2.11 bits per heavy atom. The molecule has 0 aliphatic rings. The first-order valence-electron chi connectivity index (χ1n) is 5.88. The van der Waals surface area contributed by atoms with Crippen molar-refractivity contribution in [2.24, 2.45) is 5.73 Å². The molecule has 0 saturated carbocycles. The van der Waals surface area contributed by atoms with Crippen molar-refractivity contribution in [2.45, 2.75) is 6.04 Å². The third-order valence-electron chi connectivity index (χ3n) is 2.47. The molecule has 0 spiro atoms. The molecule has 2 aromatic rings. The zero-order valence-corrected chi connectivity index (χ0v) is 10.8. The first kappa shape index (κ1) is 15.1. The van der Waals surface area contributed by atoms with E-state index < -0.39 is 6.04 Å². The molecule has 0 bridgehead atoms. The summed E-state index contributed by atoms with van der Waals surface area (Å²) in [4.78, 5) is 0. The number of aliphatic hydroxyl groups is 1. The van der Waals surface area contributed by atoms with Crippen LogP contribution in [0.4, 0.5) is 4.39 Å². The standard InChI is InChI=1S/C8H10FNO.C7H8O/c9-7-3-1-6(2-4-7)8(10)5-11;1-8-7-5-3-2-4-6-7/h1-4,8,11H,5,10H2;2-6H,1H3. The van der Waals surface area contributed by atoms with Crippen LogP contribution in [0.1, 0.15) is 11.6 Å². The number of hydrogen-bond donors (Lipinski definition) is 2. The largest absolute Gasteiger partial charge is 0.497 e. The van der Waals surface area contributed by atoms with Gasteiger partial charge in [0.05, 0.1) is 19.8 Å². The highest BCUT2D eigenvalue weighted by Gasteiger charge is 2.02. The zero-order valence-electron chi connectivity index (χ0n) is 10.8. The van der Waals surface area contributed by atoms with E-state index in [0.717, 1.165) is 11.3 Å². The lowest BCUT2D eigenvalue weighted by Crippen LogP contribution is -2.14. The number of aliphatic hydroxyl groups excluding tert-OH is 1. The minimum absolute atomic E-state index is 0.119. The molecule has 0 radical (unpaired) electrons. The van der Waals surface area contributed by atoms with E-state index in [2.05, 4.69) is 0 Å². The number of rotatable bonds is 3. The van der Waals surface area contributed by atoms with Gasteiger partial charge in [0, 0.05) is 0 Å². The molecule has 1 atom stereocenters. The highest BCUT2D eigenvalue weighted by atomic mass is 19.1. The van der Waals surface area contributed by atoms with Crippen molar-refractivity contribution in [1.82, 2.24) is 0 Å². The van der Waals surface area contributed by atoms with Crippen LogP contribution in [0.3, 0.4) is 0 Å². The monoisotopic (exact) mass is 263 g/mol. The van der Waals surface area contributed by atoms with Crippen molar-refractivity contribution in [3.05, 3.63) is 66.0 Å². The second kappa shape index (κ2) is 8.24. The molecule has 0 saturated heterocycles. The molecule has 19 heavy (non-hydrogen) atoms. The maximum atomic E-state index is 12.4. The van der Waals surface area contributed by atoms with E-state index in [9.17, 15) is 4.39 Å². The first-order valence-corrected chi connectivity index (χ1v) is 5.88. The summed E-state index contributed by atoms with van der Waals surface area (Å²) in [6.07, 6.45) is 0. The molecule has 4 heteroatoms. The summed E-state index contributed by atoms with van der Waals surface area (Å²) < 4.78 is 17.3. The lowest BCUT2D eigenvalue weighted by Gasteiger charge is -2.06. The van der Waals surface area contributed by atoms with Crippen LogP contribution in [-0.4, -0.2) is 18.8 Å². The van der Waals surface area contributed by atoms with Crippen molar-refractivity contribution >= 4 is 0 Å². The average molecular weight is 263 g/mol. The van der Waals surface area contributed by atoms with E-state index >= 15 is 0 Å². The van der Waals surface area contributed by atoms with E-state index in [0.29, 0.717) is 0 Å². The predicted molar refractivity (Wildman–Crippen MR) is 73.4 cm³/mol. The summed E-state index contributed by atoms with van der Waals surface area (Å²) in [6.45, 7) is -0.119. The van der Waals surface area contributed by atoms with E-state index in [1.807, 2.05) is 30.3 Å². The van der Waals surface area contributed by atoms with Crippen LogP contribution in [0, 0.1) is 5.82 Å². The van der Waals surface area contributed by atoms with Gasteiger partial charge in [0.25, 0.3) is 0 Å². The number of ether oxygens (including phenoxy) is 1. The number of nitrogens with two attached hydrogens (primary N) is 1. The van der Waals surface area contributed by atoms with Crippen molar-refractivity contribution in [2.75, 3.05) is 13.7 Å².